The standard InChI is InChI=1S/C16H22BrN3/c1-3-12(2)6-5-9-18-16-19-11-15(20-16)13-7-4-8-14(17)10-13/h4,7-8,10-12H,3,5-6,9H2,1-2H3,(H2,18,19,20). The van der Waals surface area contributed by atoms with Gasteiger partial charge in [0.1, 0.15) is 0 Å². The normalized spacial score (nSPS) is 12.3. The number of benzene rings is 1. The highest BCUT2D eigenvalue weighted by Crippen LogP contribution is 2.22. The predicted octanol–water partition coefficient (Wildman–Crippen LogP) is 5.08. The summed E-state index contributed by atoms with van der Waals surface area (Å²) in [6, 6.07) is 8.21. The van der Waals surface area contributed by atoms with Crippen LogP contribution in [0.5, 0.6) is 0 Å². The van der Waals surface area contributed by atoms with Crippen LogP contribution in [0.4, 0.5) is 5.95 Å². The number of nitrogens with one attached hydrogen (secondary N) is 2. The molecule has 2 rings (SSSR count). The first-order valence-electron chi connectivity index (χ1n) is 7.24. The van der Waals surface area contributed by atoms with Gasteiger partial charge in [-0.25, -0.2) is 4.98 Å². The second-order valence-corrected chi connectivity index (χ2v) is 6.15. The number of H-pyrrole nitrogens is 1. The smallest absolute Gasteiger partial charge is 0.200 e. The van der Waals surface area contributed by atoms with Crippen LogP contribution in [0, 0.1) is 5.92 Å². The Hall–Kier alpha value is -1.29. The monoisotopic (exact) mass is 335 g/mol. The molecule has 0 aliphatic rings. The minimum atomic E-state index is 0.811. The van der Waals surface area contributed by atoms with Crippen LogP contribution in [0.1, 0.15) is 33.1 Å². The Labute approximate surface area is 129 Å². The van der Waals surface area contributed by atoms with Crippen molar-refractivity contribution in [2.24, 2.45) is 5.92 Å². The van der Waals surface area contributed by atoms with Crippen LogP contribution >= 0.6 is 15.9 Å². The molecule has 0 saturated carbocycles. The zero-order chi connectivity index (χ0) is 14.4. The van der Waals surface area contributed by atoms with Crippen LogP contribution in [0.3, 0.4) is 0 Å². The molecule has 3 nitrogen and oxygen atoms in total. The second kappa shape index (κ2) is 7.48. The molecule has 1 heterocycles. The van der Waals surface area contributed by atoms with Crippen molar-refractivity contribution < 1.29 is 0 Å². The molecule has 0 saturated heterocycles. The van der Waals surface area contributed by atoms with Crippen LogP contribution in [-0.4, -0.2) is 16.5 Å². The molecule has 0 bridgehead atoms. The summed E-state index contributed by atoms with van der Waals surface area (Å²) >= 11 is 3.49. The Kier molecular flexibility index (Phi) is 5.65. The molecule has 2 aromatic rings. The van der Waals surface area contributed by atoms with Crippen LogP contribution in [0.25, 0.3) is 11.3 Å². The molecule has 108 valence electrons. The number of hydrogen-bond acceptors (Lipinski definition) is 2. The number of rotatable bonds is 7. The first-order valence-corrected chi connectivity index (χ1v) is 8.03. The van der Waals surface area contributed by atoms with Crippen molar-refractivity contribution >= 4 is 21.9 Å². The van der Waals surface area contributed by atoms with Gasteiger partial charge in [-0.05, 0) is 30.9 Å². The maximum absolute atomic E-state index is 4.38. The van der Waals surface area contributed by atoms with Crippen molar-refractivity contribution in [2.75, 3.05) is 11.9 Å². The summed E-state index contributed by atoms with van der Waals surface area (Å²) in [5, 5.41) is 3.35. The lowest BCUT2D eigenvalue weighted by Gasteiger charge is -2.08. The van der Waals surface area contributed by atoms with Gasteiger partial charge in [0.25, 0.3) is 0 Å². The molecule has 0 spiro atoms. The van der Waals surface area contributed by atoms with E-state index in [0.717, 1.165) is 34.1 Å². The summed E-state index contributed by atoms with van der Waals surface area (Å²) in [4.78, 5) is 7.69. The topological polar surface area (TPSA) is 40.7 Å². The highest BCUT2D eigenvalue weighted by molar-refractivity contribution is 9.10. The van der Waals surface area contributed by atoms with E-state index >= 15 is 0 Å². The molecule has 1 aromatic carbocycles. The summed E-state index contributed by atoms with van der Waals surface area (Å²) in [5.41, 5.74) is 2.18. The molecule has 20 heavy (non-hydrogen) atoms. The van der Waals surface area contributed by atoms with Gasteiger partial charge in [0.05, 0.1) is 11.9 Å². The van der Waals surface area contributed by atoms with E-state index in [9.17, 15) is 0 Å². The van der Waals surface area contributed by atoms with Gasteiger partial charge >= 0.3 is 0 Å². The molecule has 0 fully saturated rings. The molecule has 0 aliphatic heterocycles. The van der Waals surface area contributed by atoms with E-state index in [1.54, 1.807) is 0 Å². The summed E-state index contributed by atoms with van der Waals surface area (Å²) in [5.74, 6) is 1.66. The van der Waals surface area contributed by atoms with Gasteiger partial charge < -0.3 is 10.3 Å². The molecule has 0 amide bonds. The van der Waals surface area contributed by atoms with Gasteiger partial charge in [0.15, 0.2) is 0 Å². The SMILES string of the molecule is CCC(C)CCCNc1ncc(-c2cccc(Br)c2)[nH]1. The van der Waals surface area contributed by atoms with Crippen molar-refractivity contribution in [1.82, 2.24) is 9.97 Å². The summed E-state index contributed by atoms with van der Waals surface area (Å²) < 4.78 is 1.08. The minimum absolute atomic E-state index is 0.811. The van der Waals surface area contributed by atoms with Crippen molar-refractivity contribution in [3.05, 3.63) is 34.9 Å². The Balaban J connectivity index is 1.86. The molecule has 1 aromatic heterocycles. The van der Waals surface area contributed by atoms with Gasteiger partial charge in [-0.2, -0.15) is 0 Å². The average Bonchev–Trinajstić information content (AvgIpc) is 2.92. The van der Waals surface area contributed by atoms with Crippen LogP contribution in [0.2, 0.25) is 0 Å². The number of nitrogens with zero attached hydrogens (tertiary/aromatic N) is 1. The lowest BCUT2D eigenvalue weighted by Crippen LogP contribution is -2.05. The number of anilines is 1. The van der Waals surface area contributed by atoms with E-state index in [-0.39, 0.29) is 0 Å². The van der Waals surface area contributed by atoms with E-state index in [4.69, 9.17) is 0 Å². The van der Waals surface area contributed by atoms with Gasteiger partial charge in [-0.1, -0.05) is 48.3 Å². The number of halogens is 1. The van der Waals surface area contributed by atoms with Gasteiger partial charge in [-0.15, -0.1) is 0 Å². The van der Waals surface area contributed by atoms with Crippen molar-refractivity contribution in [2.45, 2.75) is 33.1 Å². The zero-order valence-electron chi connectivity index (χ0n) is 12.1. The summed E-state index contributed by atoms with van der Waals surface area (Å²) in [7, 11) is 0. The Morgan fingerprint density at radius 1 is 1.40 bits per heavy atom. The maximum Gasteiger partial charge on any atom is 0.200 e. The Morgan fingerprint density at radius 2 is 2.25 bits per heavy atom. The first-order chi connectivity index (χ1) is 9.69. The van der Waals surface area contributed by atoms with Crippen LogP contribution in [-0.2, 0) is 0 Å². The molecule has 4 heteroatoms. The first kappa shape index (κ1) is 15.1. The number of imidazole rings is 1. The molecule has 1 unspecified atom stereocenters. The highest BCUT2D eigenvalue weighted by atomic mass is 79.9. The summed E-state index contributed by atoms with van der Waals surface area (Å²) in [6.07, 6.45) is 5.58. The van der Waals surface area contributed by atoms with Gasteiger partial charge in [0, 0.05) is 16.6 Å². The maximum atomic E-state index is 4.38. The molecule has 1 atom stereocenters. The largest absolute Gasteiger partial charge is 0.356 e. The van der Waals surface area contributed by atoms with Gasteiger partial charge in [0.2, 0.25) is 5.95 Å². The van der Waals surface area contributed by atoms with E-state index in [0.29, 0.717) is 0 Å². The Bertz CT molecular complexity index is 536. The lowest BCUT2D eigenvalue weighted by molar-refractivity contribution is 0.503. The van der Waals surface area contributed by atoms with E-state index in [1.165, 1.54) is 19.3 Å². The number of aromatic nitrogens is 2. The lowest BCUT2D eigenvalue weighted by atomic mass is 10.0. The third-order valence-corrected chi connectivity index (χ3v) is 4.07. The fourth-order valence-electron chi connectivity index (χ4n) is 2.08. The minimum Gasteiger partial charge on any atom is -0.356 e. The zero-order valence-corrected chi connectivity index (χ0v) is 13.7. The third-order valence-electron chi connectivity index (χ3n) is 3.57. The van der Waals surface area contributed by atoms with Crippen LogP contribution < -0.4 is 5.32 Å². The van der Waals surface area contributed by atoms with E-state index in [1.807, 2.05) is 18.3 Å². The summed E-state index contributed by atoms with van der Waals surface area (Å²) in [6.45, 7) is 5.52. The Morgan fingerprint density at radius 3 is 3.00 bits per heavy atom. The van der Waals surface area contributed by atoms with Crippen molar-refractivity contribution in [1.29, 1.82) is 0 Å². The molecular weight excluding hydrogens is 314 g/mol. The fourth-order valence-corrected chi connectivity index (χ4v) is 2.47. The quantitative estimate of drug-likeness (QED) is 0.693. The third kappa shape index (κ3) is 4.37. The highest BCUT2D eigenvalue weighted by Gasteiger charge is 2.04. The second-order valence-electron chi connectivity index (χ2n) is 5.24. The van der Waals surface area contributed by atoms with E-state index in [2.05, 4.69) is 57.2 Å². The number of aromatic amines is 1. The van der Waals surface area contributed by atoms with Crippen molar-refractivity contribution in [3.8, 4) is 11.3 Å². The molecule has 2 N–H and O–H groups in total. The van der Waals surface area contributed by atoms with Crippen molar-refractivity contribution in [3.63, 3.8) is 0 Å². The average molecular weight is 336 g/mol. The number of hydrogen-bond donors (Lipinski definition) is 2. The molecular formula is C16H22BrN3. The van der Waals surface area contributed by atoms with E-state index < -0.39 is 0 Å². The predicted molar refractivity (Wildman–Crippen MR) is 88.9 cm³/mol. The van der Waals surface area contributed by atoms with Gasteiger partial charge in [-0.3, -0.25) is 0 Å². The van der Waals surface area contributed by atoms with Crippen LogP contribution in [0.15, 0.2) is 34.9 Å². The molecule has 0 aliphatic carbocycles. The molecule has 0 radical (unpaired) electrons. The fraction of sp³-hybridized carbons (Fsp3) is 0.438.